The zero-order valence-electron chi connectivity index (χ0n) is 30.0. The van der Waals surface area contributed by atoms with Gasteiger partial charge in [-0.3, -0.25) is 0 Å². The van der Waals surface area contributed by atoms with Crippen LogP contribution in [0.25, 0.3) is 121 Å². The largest absolute Gasteiger partial charge is 0.456 e. The van der Waals surface area contributed by atoms with E-state index in [1.165, 1.54) is 0 Å². The lowest BCUT2D eigenvalue weighted by Crippen LogP contribution is -2.00. The first kappa shape index (κ1) is 31.8. The number of nitrogens with zero attached hydrogens (tertiary/aromatic N) is 5. The molecule has 0 bridgehead atoms. The van der Waals surface area contributed by atoms with Crippen LogP contribution in [0.5, 0.6) is 0 Å². The van der Waals surface area contributed by atoms with Gasteiger partial charge in [-0.2, -0.15) is 0 Å². The third kappa shape index (κ3) is 5.01. The van der Waals surface area contributed by atoms with Gasteiger partial charge in [0.15, 0.2) is 23.3 Å². The van der Waals surface area contributed by atoms with Crippen molar-refractivity contribution in [2.24, 2.45) is 0 Å². The summed E-state index contributed by atoms with van der Waals surface area (Å²) < 4.78 is 15.3. The maximum Gasteiger partial charge on any atom is 0.164 e. The summed E-state index contributed by atoms with van der Waals surface area (Å²) in [6.45, 7) is 0. The van der Waals surface area contributed by atoms with Gasteiger partial charge >= 0.3 is 0 Å². The predicted octanol–water partition coefficient (Wildman–Crippen LogP) is 13.2. The maximum atomic E-state index is 6.62. The lowest BCUT2D eigenvalue weighted by atomic mass is 10.0. The first-order chi connectivity index (χ1) is 28.2. The van der Waals surface area contributed by atoms with Gasteiger partial charge in [0.1, 0.15) is 22.3 Å². The van der Waals surface area contributed by atoms with Gasteiger partial charge in [-0.25, -0.2) is 24.9 Å². The van der Waals surface area contributed by atoms with Gasteiger partial charge < -0.3 is 8.83 Å². The Morgan fingerprint density at radius 1 is 0.368 bits per heavy atom. The summed E-state index contributed by atoms with van der Waals surface area (Å²) in [5.74, 6) is 2.31. The summed E-state index contributed by atoms with van der Waals surface area (Å²) in [6.07, 6.45) is 0. The maximum absolute atomic E-state index is 6.62. The van der Waals surface area contributed by atoms with Crippen LogP contribution in [0.1, 0.15) is 0 Å². The fraction of sp³-hybridized carbons (Fsp3) is 0. The summed E-state index contributed by atoms with van der Waals surface area (Å²) in [5, 5.41) is 4.97. The Hall–Kier alpha value is -7.55. The van der Waals surface area contributed by atoms with Crippen molar-refractivity contribution in [1.82, 2.24) is 24.9 Å². The molecule has 0 amide bonds. The van der Waals surface area contributed by atoms with Crippen molar-refractivity contribution in [1.29, 1.82) is 0 Å². The summed E-state index contributed by atoms with van der Waals surface area (Å²) in [6, 6.07) is 55.0. The molecule has 5 heterocycles. The molecule has 0 aliphatic carbocycles. The standard InChI is InChI=1S/C49H27N5O2S/c1-3-14-28(15-4-1)46-52-47(29-16-5-2-6-17-29)54-49(53-46)34-22-13-26-38-41(34)40-33(21-12-25-37(40)55-38)48-50-42-32-19-8-10-27-39(32)57-45(42)43(51-48)35-23-11-20-31-30-18-7-9-24-36(30)56-44(31)35/h1-27H. The van der Waals surface area contributed by atoms with Crippen LogP contribution in [0, 0.1) is 0 Å². The van der Waals surface area contributed by atoms with Gasteiger partial charge in [0.05, 0.1) is 15.9 Å². The lowest BCUT2D eigenvalue weighted by molar-refractivity contribution is 0.669. The number of fused-ring (bicyclic) bond motifs is 9. The topological polar surface area (TPSA) is 90.7 Å². The molecule has 0 aliphatic heterocycles. The molecule has 0 aliphatic rings. The molecule has 0 N–H and O–H groups in total. The minimum Gasteiger partial charge on any atom is -0.456 e. The molecule has 57 heavy (non-hydrogen) atoms. The summed E-state index contributed by atoms with van der Waals surface area (Å²) >= 11 is 1.70. The molecule has 0 saturated heterocycles. The van der Waals surface area contributed by atoms with Crippen LogP contribution in [-0.4, -0.2) is 24.9 Å². The van der Waals surface area contributed by atoms with Gasteiger partial charge in [-0.1, -0.05) is 133 Å². The van der Waals surface area contributed by atoms with Gasteiger partial charge in [0.2, 0.25) is 0 Å². The Morgan fingerprint density at radius 2 is 0.895 bits per heavy atom. The molecule has 0 saturated carbocycles. The van der Waals surface area contributed by atoms with E-state index in [9.17, 15) is 0 Å². The number of hydrogen-bond donors (Lipinski definition) is 0. The highest BCUT2D eigenvalue weighted by atomic mass is 32.1. The molecule has 12 aromatic rings. The van der Waals surface area contributed by atoms with E-state index in [0.717, 1.165) is 92.1 Å². The average Bonchev–Trinajstić information content (AvgIpc) is 3.98. The second-order valence-corrected chi connectivity index (χ2v) is 15.0. The van der Waals surface area contributed by atoms with Crippen molar-refractivity contribution in [3.8, 4) is 56.8 Å². The van der Waals surface area contributed by atoms with Gasteiger partial charge in [0, 0.05) is 59.4 Å². The first-order valence-electron chi connectivity index (χ1n) is 18.7. The van der Waals surface area contributed by atoms with E-state index >= 15 is 0 Å². The third-order valence-electron chi connectivity index (χ3n) is 10.6. The van der Waals surface area contributed by atoms with Gasteiger partial charge in [0.25, 0.3) is 0 Å². The number of furan rings is 2. The fourth-order valence-electron chi connectivity index (χ4n) is 8.00. The van der Waals surface area contributed by atoms with Crippen molar-refractivity contribution in [3.63, 3.8) is 0 Å². The number of para-hydroxylation sites is 2. The van der Waals surface area contributed by atoms with E-state index in [4.69, 9.17) is 33.8 Å². The number of rotatable bonds is 5. The third-order valence-corrected chi connectivity index (χ3v) is 11.7. The van der Waals surface area contributed by atoms with Crippen LogP contribution in [0.3, 0.4) is 0 Å². The van der Waals surface area contributed by atoms with Crippen LogP contribution in [0.4, 0.5) is 0 Å². The lowest BCUT2D eigenvalue weighted by Gasteiger charge is -2.10. The SMILES string of the molecule is c1ccc(-c2nc(-c3ccccc3)nc(-c3cccc4oc5cccc(-c6nc(-c7cccc8c7oc7ccccc78)c7sc8ccccc8c7n6)c5c34)n2)cc1. The van der Waals surface area contributed by atoms with Crippen LogP contribution in [-0.2, 0) is 0 Å². The smallest absolute Gasteiger partial charge is 0.164 e. The van der Waals surface area contributed by atoms with E-state index in [2.05, 4.69) is 60.7 Å². The number of benzene rings is 7. The van der Waals surface area contributed by atoms with E-state index in [1.54, 1.807) is 11.3 Å². The highest BCUT2D eigenvalue weighted by Crippen LogP contribution is 2.45. The first-order valence-corrected chi connectivity index (χ1v) is 19.5. The summed E-state index contributed by atoms with van der Waals surface area (Å²) in [7, 11) is 0. The molecule has 0 radical (unpaired) electrons. The highest BCUT2D eigenvalue weighted by Gasteiger charge is 2.24. The van der Waals surface area contributed by atoms with Crippen LogP contribution >= 0.6 is 11.3 Å². The van der Waals surface area contributed by atoms with Crippen molar-refractivity contribution >= 4 is 75.5 Å². The van der Waals surface area contributed by atoms with Crippen LogP contribution < -0.4 is 0 Å². The fourth-order valence-corrected chi connectivity index (χ4v) is 9.14. The second-order valence-electron chi connectivity index (χ2n) is 14.0. The molecule has 12 rings (SSSR count). The Morgan fingerprint density at radius 3 is 1.60 bits per heavy atom. The van der Waals surface area contributed by atoms with Gasteiger partial charge in [-0.05, 0) is 30.3 Å². The molecule has 7 aromatic carbocycles. The molecule has 0 atom stereocenters. The van der Waals surface area contributed by atoms with Crippen molar-refractivity contribution in [2.45, 2.75) is 0 Å². The Bertz CT molecular complexity index is 3480. The Kier molecular flexibility index (Phi) is 6.96. The van der Waals surface area contributed by atoms with Crippen molar-refractivity contribution in [3.05, 3.63) is 164 Å². The van der Waals surface area contributed by atoms with E-state index in [-0.39, 0.29) is 0 Å². The monoisotopic (exact) mass is 749 g/mol. The second kappa shape index (κ2) is 12.5. The number of thiophene rings is 1. The summed E-state index contributed by atoms with van der Waals surface area (Å²) in [4.78, 5) is 26.0. The van der Waals surface area contributed by atoms with Crippen molar-refractivity contribution < 1.29 is 8.83 Å². The predicted molar refractivity (Wildman–Crippen MR) is 230 cm³/mol. The Balaban J connectivity index is 1.14. The highest BCUT2D eigenvalue weighted by molar-refractivity contribution is 7.26. The normalized spacial score (nSPS) is 11.9. The molecule has 0 spiro atoms. The van der Waals surface area contributed by atoms with Crippen LogP contribution in [0.15, 0.2) is 173 Å². The minimum atomic E-state index is 0.545. The molecule has 8 heteroatoms. The van der Waals surface area contributed by atoms with Crippen LogP contribution in [0.2, 0.25) is 0 Å². The summed E-state index contributed by atoms with van der Waals surface area (Å²) in [5.41, 5.74) is 9.18. The van der Waals surface area contributed by atoms with Crippen molar-refractivity contribution in [2.75, 3.05) is 0 Å². The van der Waals surface area contributed by atoms with E-state index < -0.39 is 0 Å². The average molecular weight is 750 g/mol. The zero-order valence-corrected chi connectivity index (χ0v) is 30.9. The van der Waals surface area contributed by atoms with E-state index in [1.807, 2.05) is 103 Å². The molecular formula is C49H27N5O2S. The minimum absolute atomic E-state index is 0.545. The quantitative estimate of drug-likeness (QED) is 0.173. The molecule has 0 unspecified atom stereocenters. The zero-order chi connectivity index (χ0) is 37.5. The van der Waals surface area contributed by atoms with Gasteiger partial charge in [-0.15, -0.1) is 11.3 Å². The molecule has 0 fully saturated rings. The number of hydrogen-bond acceptors (Lipinski definition) is 8. The molecule has 266 valence electrons. The Labute approximate surface area is 328 Å². The number of aromatic nitrogens is 5. The molecule has 5 aromatic heterocycles. The van der Waals surface area contributed by atoms with E-state index in [0.29, 0.717) is 28.9 Å². The molecule has 7 nitrogen and oxygen atoms in total. The molecular weight excluding hydrogens is 723 g/mol.